The zero-order chi connectivity index (χ0) is 72.5. The third-order valence-corrected chi connectivity index (χ3v) is 15.6. The molecule has 4 rings (SSSR count). The number of carboxylic acids is 2. The number of ether oxygens (including phenoxy) is 4. The lowest BCUT2D eigenvalue weighted by Crippen LogP contribution is -2.48. The molecule has 4 unspecified atom stereocenters. The van der Waals surface area contributed by atoms with Crippen LogP contribution in [0.3, 0.4) is 0 Å². The molecular formula is C68H94Cl4N12O16. The third kappa shape index (κ3) is 40.3. The number of aromatic nitrogens is 2. The Morgan fingerprint density at radius 2 is 0.720 bits per heavy atom. The Bertz CT molecular complexity index is 2910. The normalized spacial score (nSPS) is 12.2. The van der Waals surface area contributed by atoms with Gasteiger partial charge in [-0.15, -0.1) is 0 Å². The van der Waals surface area contributed by atoms with E-state index in [0.717, 1.165) is 11.6 Å². The molecule has 0 aliphatic heterocycles. The fourth-order valence-corrected chi connectivity index (χ4v) is 10.8. The second-order valence-corrected chi connectivity index (χ2v) is 24.7. The van der Waals surface area contributed by atoms with Crippen LogP contribution in [0.1, 0.15) is 139 Å². The molecule has 2 aromatic heterocycles. The van der Waals surface area contributed by atoms with E-state index in [2.05, 4.69) is 63.1 Å². The lowest BCUT2D eigenvalue weighted by molar-refractivity contribution is -0.139. The highest BCUT2D eigenvalue weighted by molar-refractivity contribution is 6.35. The first kappa shape index (κ1) is 84.5. The highest BCUT2D eigenvalue weighted by atomic mass is 35.5. The maximum atomic E-state index is 13.7. The first-order chi connectivity index (χ1) is 48.2. The Kier molecular flexibility index (Phi) is 43.3. The van der Waals surface area contributed by atoms with Gasteiger partial charge >= 0.3 is 11.9 Å². The summed E-state index contributed by atoms with van der Waals surface area (Å²) in [7, 11) is 0. The Balaban J connectivity index is 0.982. The summed E-state index contributed by atoms with van der Waals surface area (Å²) in [5.41, 5.74) is 0.781. The number of carbonyl (C=O) groups excluding carboxylic acids is 8. The molecule has 8 amide bonds. The van der Waals surface area contributed by atoms with Crippen molar-refractivity contribution in [1.29, 1.82) is 0 Å². The third-order valence-electron chi connectivity index (χ3n) is 14.8. The number of rotatable bonds is 55. The molecule has 0 spiro atoms. The minimum absolute atomic E-state index is 0.0330. The number of unbranched alkanes of at least 4 members (excludes halogenated alkanes) is 4. The minimum atomic E-state index is -1.17. The Hall–Kier alpha value is -7.96. The van der Waals surface area contributed by atoms with E-state index in [1.165, 1.54) is 36.4 Å². The fourth-order valence-electron chi connectivity index (χ4n) is 9.69. The van der Waals surface area contributed by atoms with E-state index in [9.17, 15) is 58.2 Å². The van der Waals surface area contributed by atoms with Gasteiger partial charge in [0.05, 0.1) is 77.8 Å². The van der Waals surface area contributed by atoms with Crippen LogP contribution in [-0.4, -0.2) is 184 Å². The molecule has 12 N–H and O–H groups in total. The molecule has 2 aromatic carbocycles. The molecule has 4 atom stereocenters. The smallest absolute Gasteiger partial charge is 0.305 e. The number of pyridine rings is 2. The molecule has 0 saturated carbocycles. The quantitative estimate of drug-likeness (QED) is 0.0197. The molecule has 4 aromatic rings. The van der Waals surface area contributed by atoms with Crippen LogP contribution < -0.4 is 53.2 Å². The fraction of sp³-hybridized carbons (Fsp3) is 0.529. The van der Waals surface area contributed by atoms with Crippen LogP contribution in [-0.2, 0) is 66.9 Å². The van der Waals surface area contributed by atoms with Gasteiger partial charge < -0.3 is 82.3 Å². The van der Waals surface area contributed by atoms with Gasteiger partial charge in [0.25, 0.3) is 0 Å². The summed E-state index contributed by atoms with van der Waals surface area (Å²) < 4.78 is 22.0. The summed E-state index contributed by atoms with van der Waals surface area (Å²) in [6.45, 7) is 3.70. The van der Waals surface area contributed by atoms with Crippen LogP contribution in [0, 0.1) is 0 Å². The summed E-state index contributed by atoms with van der Waals surface area (Å²) in [6.07, 6.45) is 7.49. The number of hydrogen-bond donors (Lipinski definition) is 12. The van der Waals surface area contributed by atoms with E-state index in [1.54, 1.807) is 12.4 Å². The number of nitrogens with one attached hydrogen (secondary N) is 10. The number of benzene rings is 2. The SMILES string of the molecule is O=C(O)CC(NC(=O)C(CCCCNC(=O)CCOCCOCCNC(=O)CCC(=O)NCCOCCOCCC(=O)NCCCCC(NC(=O)CCCCNc1ccccn1)C(=O)NC(CC(=O)O)c1cc(Cl)cc(Cl)c1)NC(=O)CCCCNc1ccccn1)c1cc(Cl)cc(Cl)c1. The van der Waals surface area contributed by atoms with Gasteiger partial charge in [-0.2, -0.15) is 0 Å². The number of carbonyl (C=O) groups is 10. The van der Waals surface area contributed by atoms with E-state index in [-0.39, 0.29) is 173 Å². The molecule has 28 nitrogen and oxygen atoms in total. The minimum Gasteiger partial charge on any atom is -0.481 e. The van der Waals surface area contributed by atoms with Crippen LogP contribution in [0.2, 0.25) is 20.1 Å². The van der Waals surface area contributed by atoms with Gasteiger partial charge in [-0.3, -0.25) is 47.9 Å². The second kappa shape index (κ2) is 51.2. The second-order valence-electron chi connectivity index (χ2n) is 23.0. The van der Waals surface area contributed by atoms with Crippen molar-refractivity contribution in [2.45, 2.75) is 140 Å². The van der Waals surface area contributed by atoms with Crippen LogP contribution in [0.4, 0.5) is 11.6 Å². The number of carboxylic acid groups (broad SMARTS) is 2. The highest BCUT2D eigenvalue weighted by Gasteiger charge is 2.28. The molecule has 0 aliphatic carbocycles. The Morgan fingerprint density at radius 1 is 0.370 bits per heavy atom. The molecule has 550 valence electrons. The van der Waals surface area contributed by atoms with Crippen LogP contribution in [0.15, 0.2) is 85.2 Å². The largest absolute Gasteiger partial charge is 0.481 e. The highest BCUT2D eigenvalue weighted by Crippen LogP contribution is 2.28. The number of anilines is 2. The van der Waals surface area contributed by atoms with E-state index in [4.69, 9.17) is 65.4 Å². The van der Waals surface area contributed by atoms with Gasteiger partial charge in [-0.05, 0) is 136 Å². The molecular weight excluding hydrogens is 1380 g/mol. The Morgan fingerprint density at radius 3 is 1.08 bits per heavy atom. The van der Waals surface area contributed by atoms with E-state index >= 15 is 0 Å². The molecule has 100 heavy (non-hydrogen) atoms. The molecule has 0 aliphatic rings. The van der Waals surface area contributed by atoms with E-state index in [0.29, 0.717) is 88.7 Å². The first-order valence-corrected chi connectivity index (χ1v) is 35.0. The number of amides is 8. The molecule has 0 radical (unpaired) electrons. The van der Waals surface area contributed by atoms with Gasteiger partial charge in [0.2, 0.25) is 47.3 Å². The van der Waals surface area contributed by atoms with E-state index < -0.39 is 60.8 Å². The average molecular weight is 1480 g/mol. The summed E-state index contributed by atoms with van der Waals surface area (Å²) in [6, 6.07) is 16.1. The Labute approximate surface area is 602 Å². The van der Waals surface area contributed by atoms with Crippen LogP contribution in [0.5, 0.6) is 0 Å². The maximum Gasteiger partial charge on any atom is 0.305 e. The molecule has 0 fully saturated rings. The lowest BCUT2D eigenvalue weighted by Gasteiger charge is -2.23. The maximum absolute atomic E-state index is 13.7. The topological polar surface area (TPSA) is 394 Å². The summed E-state index contributed by atoms with van der Waals surface area (Å²) in [5.74, 6) is -3.91. The number of hydrogen-bond acceptors (Lipinski definition) is 18. The number of aliphatic carboxylic acids is 2. The van der Waals surface area contributed by atoms with Gasteiger partial charge in [-0.25, -0.2) is 9.97 Å². The van der Waals surface area contributed by atoms with Gasteiger partial charge in [0.1, 0.15) is 23.7 Å². The van der Waals surface area contributed by atoms with Crippen molar-refractivity contribution in [3.63, 3.8) is 0 Å². The van der Waals surface area contributed by atoms with Crippen LogP contribution in [0.25, 0.3) is 0 Å². The van der Waals surface area contributed by atoms with Gasteiger partial charge in [0, 0.05) is 110 Å². The first-order valence-electron chi connectivity index (χ1n) is 33.5. The van der Waals surface area contributed by atoms with E-state index in [1.807, 2.05) is 36.4 Å². The predicted molar refractivity (Wildman–Crippen MR) is 378 cm³/mol. The van der Waals surface area contributed by atoms with Crippen molar-refractivity contribution in [2.75, 3.05) is 103 Å². The van der Waals surface area contributed by atoms with Crippen molar-refractivity contribution < 1.29 is 77.1 Å². The summed E-state index contributed by atoms with van der Waals surface area (Å²) >= 11 is 24.7. The van der Waals surface area contributed by atoms with Crippen LogP contribution >= 0.6 is 46.4 Å². The molecule has 0 saturated heterocycles. The predicted octanol–water partition coefficient (Wildman–Crippen LogP) is 7.02. The summed E-state index contributed by atoms with van der Waals surface area (Å²) in [4.78, 5) is 135. The zero-order valence-corrected chi connectivity index (χ0v) is 59.1. The van der Waals surface area contributed by atoms with Crippen molar-refractivity contribution in [2.24, 2.45) is 0 Å². The van der Waals surface area contributed by atoms with Crippen molar-refractivity contribution in [3.05, 3.63) is 116 Å². The van der Waals surface area contributed by atoms with Gasteiger partial charge in [0.15, 0.2) is 0 Å². The summed E-state index contributed by atoms with van der Waals surface area (Å²) in [5, 5.41) is 48.8. The standard InChI is InChI=1S/C68H94Cl4N12O16/c69-49-39-47(40-50(70)43-49)55(45-65(91)92)83-67(95)53(81-63(89)17-5-11-25-75-57-15-3-9-23-73-57)13-1-7-27-77-61(87)21-31-97-35-37-99-33-29-79-59(85)19-20-60(86)80-30-34-100-38-36-98-32-22-62(88)78-28-8-2-14-54(82-64(90)18-6-12-26-76-58-16-4-10-24-74-58)68(96)84-56(46-66(93)94)48-41-51(71)44-52(72)42-48/h3-4,9-10,15-16,23-24,39-44,53-56H,1-2,5-8,11-14,17-22,25-38,45-46H2,(H,73,75)(H,74,76)(H,77,87)(H,78,88)(H,79,85)(H,80,86)(H,81,89)(H,82,90)(H,83,95)(H,84,96)(H,91,92)(H,93,94). The number of halogens is 4. The van der Waals surface area contributed by atoms with Crippen molar-refractivity contribution in [1.82, 2.24) is 52.5 Å². The molecule has 0 bridgehead atoms. The monoisotopic (exact) mass is 1470 g/mol. The molecule has 2 heterocycles. The number of nitrogens with zero attached hydrogens (tertiary/aromatic N) is 2. The van der Waals surface area contributed by atoms with Gasteiger partial charge in [-0.1, -0.05) is 58.5 Å². The molecule has 32 heteroatoms. The lowest BCUT2D eigenvalue weighted by atomic mass is 10.0. The van der Waals surface area contributed by atoms with Crippen molar-refractivity contribution in [3.8, 4) is 0 Å². The average Bonchev–Trinajstić information content (AvgIpc) is 0.862. The zero-order valence-electron chi connectivity index (χ0n) is 56.0. The van der Waals surface area contributed by atoms with Crippen molar-refractivity contribution >= 4 is 117 Å².